The first kappa shape index (κ1) is 36.0. The molecule has 0 radical (unpaired) electrons. The van der Waals surface area contributed by atoms with E-state index in [2.05, 4.69) is 39.7 Å². The van der Waals surface area contributed by atoms with Crippen molar-refractivity contribution < 1.29 is 27.5 Å². The van der Waals surface area contributed by atoms with E-state index in [4.69, 9.17) is 10.1 Å². The lowest BCUT2D eigenvalue weighted by atomic mass is 9.93. The molecule has 54 heavy (non-hydrogen) atoms. The molecule has 14 heteroatoms. The number of aromatic nitrogens is 5. The summed E-state index contributed by atoms with van der Waals surface area (Å²) in [5, 5.41) is 23.4. The van der Waals surface area contributed by atoms with Crippen molar-refractivity contribution in [2.45, 2.75) is 77.0 Å². The third-order valence-electron chi connectivity index (χ3n) is 10.4. The number of hydrogen-bond acceptors (Lipinski definition) is 6. The third-order valence-corrected chi connectivity index (χ3v) is 12.3. The van der Waals surface area contributed by atoms with E-state index in [-0.39, 0.29) is 40.8 Å². The minimum absolute atomic E-state index is 0.0468. The van der Waals surface area contributed by atoms with Gasteiger partial charge in [0.1, 0.15) is 35.2 Å². The summed E-state index contributed by atoms with van der Waals surface area (Å²) in [7, 11) is 1.81. The normalized spacial score (nSPS) is 19.4. The number of fused-ring (bicyclic) bond motifs is 4. The predicted molar refractivity (Wildman–Crippen MR) is 201 cm³/mol. The molecule has 4 heterocycles. The van der Waals surface area contributed by atoms with Gasteiger partial charge in [-0.15, -0.1) is 0 Å². The molecule has 5 aromatic rings. The van der Waals surface area contributed by atoms with Gasteiger partial charge in [0.15, 0.2) is 5.82 Å². The largest absolute Gasteiger partial charge is 0.378 e. The molecule has 1 aliphatic heterocycles. The lowest BCUT2D eigenvalue weighted by molar-refractivity contribution is -0.122. The number of pyridine rings is 1. The second kappa shape index (κ2) is 13.4. The van der Waals surface area contributed by atoms with Crippen molar-refractivity contribution in [3.05, 3.63) is 94.1 Å². The van der Waals surface area contributed by atoms with Crippen molar-refractivity contribution in [3.63, 3.8) is 0 Å². The zero-order valence-electron chi connectivity index (χ0n) is 30.4. The van der Waals surface area contributed by atoms with Crippen LogP contribution in [-0.2, 0) is 31.2 Å². The van der Waals surface area contributed by atoms with Gasteiger partial charge in [-0.1, -0.05) is 28.7 Å². The molecule has 0 bridgehead atoms. The van der Waals surface area contributed by atoms with Gasteiger partial charge in [0.05, 0.1) is 22.2 Å². The van der Waals surface area contributed by atoms with Crippen molar-refractivity contribution in [2.75, 3.05) is 10.6 Å². The predicted octanol–water partition coefficient (Wildman–Crippen LogP) is 7.10. The maximum atomic E-state index is 14.6. The Kier molecular flexibility index (Phi) is 8.92. The zero-order valence-corrected chi connectivity index (χ0v) is 31.2. The Bertz CT molecular complexity index is 2420. The second-order valence-electron chi connectivity index (χ2n) is 14.8. The molecule has 2 aliphatic carbocycles. The average molecular weight is 758 g/mol. The highest BCUT2D eigenvalue weighted by atomic mass is 32.2. The Morgan fingerprint density at radius 2 is 1.83 bits per heavy atom. The van der Waals surface area contributed by atoms with E-state index in [1.165, 1.54) is 21.8 Å². The van der Waals surface area contributed by atoms with Gasteiger partial charge in [0.25, 0.3) is 6.43 Å². The fourth-order valence-corrected chi connectivity index (χ4v) is 9.07. The van der Waals surface area contributed by atoms with E-state index >= 15 is 0 Å². The number of nitrogens with one attached hydrogen (secondary N) is 1. The highest BCUT2D eigenvalue weighted by Crippen LogP contribution is 2.55. The molecule has 3 unspecified atom stereocenters. The van der Waals surface area contributed by atoms with Crippen LogP contribution in [0.3, 0.4) is 0 Å². The van der Waals surface area contributed by atoms with Crippen LogP contribution < -0.4 is 9.62 Å². The fourth-order valence-electron chi connectivity index (χ4n) is 7.79. The number of hydrogen-bond donors (Lipinski definition) is 2. The van der Waals surface area contributed by atoms with Crippen LogP contribution in [0.25, 0.3) is 22.0 Å². The first-order valence-electron chi connectivity index (χ1n) is 17.8. The van der Waals surface area contributed by atoms with Gasteiger partial charge in [-0.05, 0) is 100 Å². The number of anilines is 1. The topological polar surface area (TPSA) is 101 Å². The molecule has 9 nitrogen and oxygen atoms in total. The van der Waals surface area contributed by atoms with E-state index in [1.807, 2.05) is 31.3 Å². The summed E-state index contributed by atoms with van der Waals surface area (Å²) >= 11 is 0. The molecule has 1 fully saturated rings. The summed E-state index contributed by atoms with van der Waals surface area (Å²) in [4.78, 5) is 20.2. The Morgan fingerprint density at radius 1 is 1.09 bits per heavy atom. The van der Waals surface area contributed by atoms with Crippen LogP contribution in [0.2, 0.25) is 0 Å². The molecule has 8 rings (SSSR count). The molecular formula is C40H39F4N7O2S. The number of halogens is 4. The quantitative estimate of drug-likeness (QED) is 0.0946. The minimum atomic E-state index is -2.77. The van der Waals surface area contributed by atoms with E-state index in [0.717, 1.165) is 41.2 Å². The van der Waals surface area contributed by atoms with Gasteiger partial charge in [-0.2, -0.15) is 10.2 Å². The maximum Gasteiger partial charge on any atom is 0.282 e. The molecule has 0 saturated heterocycles. The zero-order chi connectivity index (χ0) is 38.2. The van der Waals surface area contributed by atoms with Crippen LogP contribution in [0.4, 0.5) is 23.4 Å². The van der Waals surface area contributed by atoms with Gasteiger partial charge in [-0.3, -0.25) is 18.5 Å². The van der Waals surface area contributed by atoms with Crippen LogP contribution in [0.1, 0.15) is 85.9 Å². The maximum absolute atomic E-state index is 14.6. The number of benzene rings is 2. The molecule has 2 N–H and O–H groups in total. The van der Waals surface area contributed by atoms with Crippen LogP contribution in [0.15, 0.2) is 48.5 Å². The minimum Gasteiger partial charge on any atom is -0.378 e. The Labute approximate surface area is 312 Å². The summed E-state index contributed by atoms with van der Waals surface area (Å²) in [6.45, 7) is 4.84. The van der Waals surface area contributed by atoms with Gasteiger partial charge >= 0.3 is 0 Å². The molecule has 3 aliphatic rings. The smallest absolute Gasteiger partial charge is 0.282 e. The van der Waals surface area contributed by atoms with E-state index < -0.39 is 35.6 Å². The SMILES string of the molecule is CC1=S(C)N1c1nn(C)c2c(-c3ccc(C#CC(C)(C)O)nc3[C@H](Cc3cc(F)cc(F)c3)NC(=O)Cn3nc(C(F)F)c4c3C3CC3CC4)cccc12. The van der Waals surface area contributed by atoms with Crippen molar-refractivity contribution in [2.24, 2.45) is 13.0 Å². The Balaban J connectivity index is 1.25. The van der Waals surface area contributed by atoms with E-state index in [0.29, 0.717) is 40.5 Å². The number of aryl methyl sites for hydroxylation is 1. The van der Waals surface area contributed by atoms with Crippen LogP contribution >= 0.6 is 10.7 Å². The summed E-state index contributed by atoms with van der Waals surface area (Å²) in [6, 6.07) is 11.6. The Morgan fingerprint density at radius 3 is 2.52 bits per heavy atom. The molecule has 1 amide bonds. The first-order chi connectivity index (χ1) is 25.7. The number of para-hydroxylation sites is 1. The lowest BCUT2D eigenvalue weighted by Crippen LogP contribution is -2.34. The number of amides is 1. The standard InChI is InChI=1S/C40H39F4N7O2S/c1-21-51(54(21)5)39-30-8-6-7-28(36(30)49(4)48-39)27-12-10-26(13-14-40(2,3)53)45-34(27)32(17-22-15-24(41)19-25(42)16-22)46-33(52)20-50-37-29(35(47-50)38(43)44)11-9-23-18-31(23)37/h6-8,10,12,15-16,19,23,31-32,38,53H,9,11,17-18,20H2,1-5H3,(H,46,52)/t23?,31?,32-,51?,54?/m0/s1. The molecule has 280 valence electrons. The fraction of sp³-hybridized carbons (Fsp3) is 0.375. The monoisotopic (exact) mass is 757 g/mol. The number of carbonyl (C=O) groups excluding carboxylic acids is 1. The number of nitrogens with zero attached hydrogens (tertiary/aromatic N) is 6. The van der Waals surface area contributed by atoms with E-state index in [1.54, 1.807) is 24.6 Å². The summed E-state index contributed by atoms with van der Waals surface area (Å²) in [5.74, 6) is 4.92. The number of rotatable bonds is 9. The number of alkyl halides is 2. The molecule has 4 atom stereocenters. The summed E-state index contributed by atoms with van der Waals surface area (Å²) in [6.07, 6.45) is 1.48. The Hall–Kier alpha value is -5.00. The molecule has 3 aromatic heterocycles. The number of aliphatic hydroxyl groups is 1. The number of carbonyl (C=O) groups is 1. The molecule has 2 aromatic carbocycles. The van der Waals surface area contributed by atoms with Gasteiger partial charge in [0.2, 0.25) is 5.91 Å². The van der Waals surface area contributed by atoms with Crippen molar-refractivity contribution in [3.8, 4) is 23.0 Å². The van der Waals surface area contributed by atoms with Crippen molar-refractivity contribution in [1.29, 1.82) is 0 Å². The highest BCUT2D eigenvalue weighted by Gasteiger charge is 2.47. The lowest BCUT2D eigenvalue weighted by Gasteiger charge is -2.23. The summed E-state index contributed by atoms with van der Waals surface area (Å²) < 4.78 is 62.8. The summed E-state index contributed by atoms with van der Waals surface area (Å²) in [5.41, 5.74) is 2.70. The molecule has 0 spiro atoms. The van der Waals surface area contributed by atoms with Gasteiger partial charge in [0, 0.05) is 46.8 Å². The van der Waals surface area contributed by atoms with Gasteiger partial charge < -0.3 is 10.4 Å². The van der Waals surface area contributed by atoms with Crippen LogP contribution in [0, 0.1) is 29.4 Å². The average Bonchev–Trinajstić information content (AvgIpc) is 3.93. The molecular weight excluding hydrogens is 719 g/mol. The van der Waals surface area contributed by atoms with Crippen molar-refractivity contribution >= 4 is 38.3 Å². The van der Waals surface area contributed by atoms with Crippen LogP contribution in [-0.4, -0.2) is 52.4 Å². The van der Waals surface area contributed by atoms with Gasteiger partial charge in [-0.25, -0.2) is 22.5 Å². The van der Waals surface area contributed by atoms with Crippen molar-refractivity contribution in [1.82, 2.24) is 29.9 Å². The van der Waals surface area contributed by atoms with E-state index in [9.17, 15) is 27.5 Å². The highest BCUT2D eigenvalue weighted by molar-refractivity contribution is 8.25. The molecule has 1 saturated carbocycles. The van der Waals surface area contributed by atoms with Crippen LogP contribution in [0.5, 0.6) is 0 Å². The first-order valence-corrected chi connectivity index (χ1v) is 19.4. The third kappa shape index (κ3) is 6.79. The second-order valence-corrected chi connectivity index (χ2v) is 16.7.